The Hall–Kier alpha value is -3.33. The highest BCUT2D eigenvalue weighted by Crippen LogP contribution is 2.39. The normalized spacial score (nSPS) is 14.0. The summed E-state index contributed by atoms with van der Waals surface area (Å²) >= 11 is 1.34. The van der Waals surface area contributed by atoms with Crippen molar-refractivity contribution in [3.63, 3.8) is 0 Å². The molecule has 1 fully saturated rings. The molecule has 3 rings (SSSR count). The number of hydrogen-bond donors (Lipinski definition) is 0. The Morgan fingerprint density at radius 3 is 2.31 bits per heavy atom. The fourth-order valence-electron chi connectivity index (χ4n) is 3.41. The molecule has 0 atom stereocenters. The first-order valence-corrected chi connectivity index (χ1v) is 11.0. The van der Waals surface area contributed by atoms with Crippen molar-refractivity contribution in [2.24, 2.45) is 0 Å². The van der Waals surface area contributed by atoms with Crippen LogP contribution >= 0.6 is 11.8 Å². The van der Waals surface area contributed by atoms with Gasteiger partial charge in [-0.2, -0.15) is 0 Å². The molecule has 1 aliphatic heterocycles. The minimum atomic E-state index is -0.402. The summed E-state index contributed by atoms with van der Waals surface area (Å²) in [7, 11) is 3.86. The molecule has 0 N–H and O–H groups in total. The third-order valence-electron chi connectivity index (χ3n) is 5.20. The third-order valence-corrected chi connectivity index (χ3v) is 6.33. The topological polar surface area (TPSA) is 87.0 Å². The van der Waals surface area contributed by atoms with E-state index < -0.39 is 4.92 Å². The van der Waals surface area contributed by atoms with E-state index in [1.54, 1.807) is 28.0 Å². The summed E-state index contributed by atoms with van der Waals surface area (Å²) in [6.45, 7) is 3.50. The molecular weight excluding hydrogens is 428 g/mol. The van der Waals surface area contributed by atoms with Gasteiger partial charge >= 0.3 is 0 Å². The fraction of sp³-hybridized carbons (Fsp3) is 0.304. The lowest BCUT2D eigenvalue weighted by Gasteiger charge is -2.33. The first-order valence-electron chi connectivity index (χ1n) is 10.2. The van der Waals surface area contributed by atoms with Gasteiger partial charge in [-0.25, -0.2) is 0 Å². The molecule has 2 aromatic rings. The Kier molecular flexibility index (Phi) is 7.53. The predicted molar refractivity (Wildman–Crippen MR) is 126 cm³/mol. The number of nitro benzene ring substituents is 1. The van der Waals surface area contributed by atoms with Gasteiger partial charge in [-0.15, -0.1) is 0 Å². The van der Waals surface area contributed by atoms with Crippen LogP contribution in [0.3, 0.4) is 0 Å². The number of carbonyl (C=O) groups excluding carboxylic acids is 2. The van der Waals surface area contributed by atoms with Crippen LogP contribution in [0.1, 0.15) is 12.5 Å². The van der Waals surface area contributed by atoms with Gasteiger partial charge in [0.2, 0.25) is 11.8 Å². The van der Waals surface area contributed by atoms with E-state index in [9.17, 15) is 19.7 Å². The molecule has 2 aromatic carbocycles. The maximum Gasteiger partial charge on any atom is 0.283 e. The van der Waals surface area contributed by atoms with Crippen LogP contribution in [-0.4, -0.2) is 66.8 Å². The van der Waals surface area contributed by atoms with Gasteiger partial charge in [-0.3, -0.25) is 19.7 Å². The molecule has 1 aliphatic rings. The second-order valence-electron chi connectivity index (χ2n) is 7.61. The van der Waals surface area contributed by atoms with Gasteiger partial charge in [0.25, 0.3) is 5.69 Å². The van der Waals surface area contributed by atoms with Crippen LogP contribution in [-0.2, 0) is 9.59 Å². The minimum Gasteiger partial charge on any atom is -0.377 e. The molecule has 0 aromatic heterocycles. The van der Waals surface area contributed by atoms with Crippen LogP contribution in [0.4, 0.5) is 11.4 Å². The molecule has 0 spiro atoms. The second kappa shape index (κ2) is 10.3. The lowest BCUT2D eigenvalue weighted by Crippen LogP contribution is -2.49. The van der Waals surface area contributed by atoms with Crippen molar-refractivity contribution < 1.29 is 14.5 Å². The number of anilines is 1. The van der Waals surface area contributed by atoms with Crippen molar-refractivity contribution in [3.8, 4) is 0 Å². The van der Waals surface area contributed by atoms with Crippen LogP contribution in [0.15, 0.2) is 58.3 Å². The minimum absolute atomic E-state index is 0.00566. The van der Waals surface area contributed by atoms with E-state index in [-0.39, 0.29) is 17.5 Å². The molecule has 0 unspecified atom stereocenters. The van der Waals surface area contributed by atoms with E-state index in [1.165, 1.54) is 30.8 Å². The molecule has 9 heteroatoms. The average Bonchev–Trinajstić information content (AvgIpc) is 2.78. The Morgan fingerprint density at radius 1 is 1.03 bits per heavy atom. The van der Waals surface area contributed by atoms with E-state index in [0.717, 1.165) is 10.6 Å². The Bertz CT molecular complexity index is 1050. The van der Waals surface area contributed by atoms with Crippen molar-refractivity contribution >= 4 is 41.0 Å². The summed E-state index contributed by atoms with van der Waals surface area (Å²) in [6.07, 6.45) is 3.02. The smallest absolute Gasteiger partial charge is 0.283 e. The molecule has 0 radical (unpaired) electrons. The van der Waals surface area contributed by atoms with Crippen molar-refractivity contribution in [1.29, 1.82) is 0 Å². The van der Waals surface area contributed by atoms with Crippen LogP contribution in [0, 0.1) is 10.1 Å². The van der Waals surface area contributed by atoms with Crippen molar-refractivity contribution in [3.05, 3.63) is 64.2 Å². The van der Waals surface area contributed by atoms with E-state index in [0.29, 0.717) is 36.6 Å². The summed E-state index contributed by atoms with van der Waals surface area (Å²) in [5, 5.41) is 11.7. The molecule has 0 bridgehead atoms. The van der Waals surface area contributed by atoms with Crippen molar-refractivity contribution in [2.45, 2.75) is 16.7 Å². The summed E-state index contributed by atoms with van der Waals surface area (Å²) in [5.74, 6) is -0.166. The lowest BCUT2D eigenvalue weighted by atomic mass is 10.2. The van der Waals surface area contributed by atoms with Gasteiger partial charge in [0.05, 0.1) is 15.5 Å². The molecule has 32 heavy (non-hydrogen) atoms. The van der Waals surface area contributed by atoms with E-state index in [4.69, 9.17) is 0 Å². The van der Waals surface area contributed by atoms with E-state index in [1.807, 2.05) is 43.3 Å². The standard InChI is InChI=1S/C23H26N4O4S/c1-17(28)25-12-14-26(15-13-25)23(29)11-9-18-8-10-22(20(16-18)27(30)31)32-21-7-5-4-6-19(21)24(2)3/h4-11,16H,12-15H2,1-3H3. The number of carbonyl (C=O) groups is 2. The Labute approximate surface area is 191 Å². The number of hydrogen-bond acceptors (Lipinski definition) is 6. The van der Waals surface area contributed by atoms with Gasteiger partial charge < -0.3 is 14.7 Å². The highest BCUT2D eigenvalue weighted by Gasteiger charge is 2.21. The number of amides is 2. The summed E-state index contributed by atoms with van der Waals surface area (Å²) in [4.78, 5) is 42.0. The molecule has 0 saturated carbocycles. The Morgan fingerprint density at radius 2 is 1.69 bits per heavy atom. The van der Waals surface area contributed by atoms with Gasteiger partial charge in [0, 0.05) is 64.2 Å². The zero-order chi connectivity index (χ0) is 23.3. The van der Waals surface area contributed by atoms with Gasteiger partial charge in [-0.1, -0.05) is 30.0 Å². The van der Waals surface area contributed by atoms with Gasteiger partial charge in [0.1, 0.15) is 0 Å². The number of nitrogens with zero attached hydrogens (tertiary/aromatic N) is 4. The maximum absolute atomic E-state index is 12.5. The first-order chi connectivity index (χ1) is 15.3. The van der Waals surface area contributed by atoms with Crippen LogP contribution in [0.5, 0.6) is 0 Å². The maximum atomic E-state index is 12.5. The largest absolute Gasteiger partial charge is 0.377 e. The monoisotopic (exact) mass is 454 g/mol. The summed E-state index contributed by atoms with van der Waals surface area (Å²) in [6, 6.07) is 12.7. The average molecular weight is 455 g/mol. The first kappa shape index (κ1) is 23.3. The van der Waals surface area contributed by atoms with Crippen LogP contribution in [0.25, 0.3) is 6.08 Å². The van der Waals surface area contributed by atoms with Gasteiger partial charge in [-0.05, 0) is 29.8 Å². The molecular formula is C23H26N4O4S. The van der Waals surface area contributed by atoms with E-state index in [2.05, 4.69) is 0 Å². The lowest BCUT2D eigenvalue weighted by molar-refractivity contribution is -0.387. The van der Waals surface area contributed by atoms with Crippen LogP contribution in [0.2, 0.25) is 0 Å². The molecule has 2 amide bonds. The van der Waals surface area contributed by atoms with E-state index >= 15 is 0 Å². The highest BCUT2D eigenvalue weighted by atomic mass is 32.2. The number of rotatable bonds is 6. The summed E-state index contributed by atoms with van der Waals surface area (Å²) in [5.41, 5.74) is 1.55. The molecule has 1 heterocycles. The number of piperazine rings is 1. The van der Waals surface area contributed by atoms with Crippen LogP contribution < -0.4 is 4.90 Å². The Balaban J connectivity index is 1.74. The third kappa shape index (κ3) is 5.67. The molecule has 168 valence electrons. The zero-order valence-corrected chi connectivity index (χ0v) is 19.2. The SMILES string of the molecule is CC(=O)N1CCN(C(=O)C=Cc2ccc(Sc3ccccc3N(C)C)c([N+](=O)[O-])c2)CC1. The highest BCUT2D eigenvalue weighted by molar-refractivity contribution is 7.99. The number of benzene rings is 2. The molecule has 1 saturated heterocycles. The predicted octanol–water partition coefficient (Wildman–Crippen LogP) is 3.52. The molecule has 0 aliphatic carbocycles. The molecule has 8 nitrogen and oxygen atoms in total. The quantitative estimate of drug-likeness (QED) is 0.377. The number of para-hydroxylation sites is 1. The zero-order valence-electron chi connectivity index (χ0n) is 18.4. The van der Waals surface area contributed by atoms with Crippen molar-refractivity contribution in [2.75, 3.05) is 45.2 Å². The van der Waals surface area contributed by atoms with Crippen molar-refractivity contribution in [1.82, 2.24) is 9.80 Å². The fourth-order valence-corrected chi connectivity index (χ4v) is 4.53. The summed E-state index contributed by atoms with van der Waals surface area (Å²) < 4.78 is 0. The van der Waals surface area contributed by atoms with Gasteiger partial charge in [0.15, 0.2) is 0 Å². The number of nitro groups is 1. The second-order valence-corrected chi connectivity index (χ2v) is 8.70.